The van der Waals surface area contributed by atoms with E-state index in [-0.39, 0.29) is 32.5 Å². The van der Waals surface area contributed by atoms with Crippen molar-refractivity contribution in [3.8, 4) is 0 Å². The Kier molecular flexibility index (Phi) is 32.6. The number of allylic oxidation sites excluding steroid dienone is 2. The number of carbonyl (C=O) groups excluding carboxylic acids is 2. The number of aromatic nitrogens is 2. The molecule has 2 aromatic heterocycles. The third kappa shape index (κ3) is 22.0. The van der Waals surface area contributed by atoms with Gasteiger partial charge in [-0.3, -0.25) is 14.2 Å². The largest absolute Gasteiger partial charge is 0.464 e. The molecule has 2 heterocycles. The number of carbonyl (C=O) groups is 2. The Morgan fingerprint density at radius 1 is 0.705 bits per heavy atom. The molecule has 0 saturated heterocycles. The summed E-state index contributed by atoms with van der Waals surface area (Å²) in [6, 6.07) is 0.418. The fourth-order valence-corrected chi connectivity index (χ4v) is 22.5. The van der Waals surface area contributed by atoms with Crippen molar-refractivity contribution in [1.82, 2.24) is 9.13 Å². The molecule has 8 nitrogen and oxygen atoms in total. The molecule has 0 bridgehead atoms. The molecule has 0 aromatic carbocycles. The second-order valence-electron chi connectivity index (χ2n) is 16.0. The van der Waals surface area contributed by atoms with Crippen LogP contribution in [0.4, 0.5) is 17.6 Å². The molecule has 0 aliphatic heterocycles. The van der Waals surface area contributed by atoms with Crippen molar-refractivity contribution in [3.05, 3.63) is 91.7 Å². The van der Waals surface area contributed by atoms with Gasteiger partial charge in [0.05, 0.1) is 24.3 Å². The Morgan fingerprint density at radius 2 is 1.10 bits per heavy atom. The summed E-state index contributed by atoms with van der Waals surface area (Å²) in [5.41, 5.74) is -2.46. The number of nitrogens with zero attached hydrogens (tertiary/aromatic N) is 2. The predicted molar refractivity (Wildman–Crippen MR) is 250 cm³/mol. The smallest absolute Gasteiger partial charge is 0.329 e. The van der Waals surface area contributed by atoms with Crippen molar-refractivity contribution >= 4 is 46.2 Å². The molecule has 2 unspecified atom stereocenters. The van der Waals surface area contributed by atoms with Crippen LogP contribution in [0.1, 0.15) is 163 Å². The minimum atomic E-state index is -2.90. The zero-order valence-corrected chi connectivity index (χ0v) is 42.1. The van der Waals surface area contributed by atoms with Gasteiger partial charge >= 0.3 is 120 Å². The van der Waals surface area contributed by atoms with Crippen LogP contribution in [0.5, 0.6) is 0 Å². The van der Waals surface area contributed by atoms with Gasteiger partial charge in [0.15, 0.2) is 0 Å². The Labute approximate surface area is 377 Å². The van der Waals surface area contributed by atoms with Crippen LogP contribution in [0.3, 0.4) is 0 Å². The molecule has 14 heteroatoms. The normalized spacial score (nSPS) is 12.2. The predicted octanol–water partition coefficient (Wildman–Crippen LogP) is 14.0. The van der Waals surface area contributed by atoms with Gasteiger partial charge in [0, 0.05) is 16.9 Å². The molecule has 0 saturated carbocycles. The summed E-state index contributed by atoms with van der Waals surface area (Å²) >= 11 is 1.32. The van der Waals surface area contributed by atoms with Crippen LogP contribution in [-0.2, 0) is 25.5 Å². The number of ether oxygens (including phenoxy) is 2. The number of hydrogen-bond acceptors (Lipinski definition) is 6. The van der Waals surface area contributed by atoms with E-state index in [1.54, 1.807) is 33.2 Å². The number of unbranched alkanes of at least 4 members (excludes halogenated alkanes) is 3. The Balaban J connectivity index is 0. The van der Waals surface area contributed by atoms with Crippen LogP contribution in [0, 0.1) is 11.8 Å². The number of rotatable bonds is 25. The van der Waals surface area contributed by atoms with E-state index in [2.05, 4.69) is 55.9 Å². The summed E-state index contributed by atoms with van der Waals surface area (Å²) in [5, 5.41) is 0. The van der Waals surface area contributed by atoms with Crippen molar-refractivity contribution in [2.45, 2.75) is 170 Å². The minimum absolute atomic E-state index is 0. The van der Waals surface area contributed by atoms with Gasteiger partial charge < -0.3 is 14.0 Å². The zero-order chi connectivity index (χ0) is 46.0. The van der Waals surface area contributed by atoms with Gasteiger partial charge in [-0.25, -0.2) is 27.2 Å². The zero-order valence-electron chi connectivity index (χ0n) is 37.7. The van der Waals surface area contributed by atoms with Crippen molar-refractivity contribution in [2.75, 3.05) is 13.2 Å². The maximum Gasteiger partial charge on any atom is 0.329 e. The minimum Gasteiger partial charge on any atom is -0.464 e. The van der Waals surface area contributed by atoms with Crippen LogP contribution < -0.4 is 11.1 Å². The molecule has 0 aliphatic rings. The standard InChI is InChI=1S/C17H23F2NO3.C14H18BrF2NO3.3C4H9.C3H5.CH4.Sn/c1-5-7-12-9-13(15(18)19)16(21)20(10-12)14(8-11(3)4)17(22)23-6-2;1-4-21-14(20)11(5-8(2)3)18-7-9(15)6-10(12(16)17)13(18)19;3*1-3-4-2;1-3-2;;/h5,9-11,14-15H,1,6-8H2,2-4H3;6-8,11-12H,4-5H2,1-3H3;3*1,3-4H2,2H3;3H,1-2H2;1H4;. The molecular weight excluding hydrogens is 963 g/mol. The van der Waals surface area contributed by atoms with Crippen LogP contribution in [0.15, 0.2) is 63.9 Å². The van der Waals surface area contributed by atoms with Gasteiger partial charge in [-0.15, -0.1) is 6.58 Å². The number of hydrogen-bond donors (Lipinski definition) is 0. The third-order valence-corrected chi connectivity index (χ3v) is 25.8. The molecule has 0 aliphatic carbocycles. The molecule has 2 aromatic rings. The summed E-state index contributed by atoms with van der Waals surface area (Å²) < 4.78 is 70.8. The summed E-state index contributed by atoms with van der Waals surface area (Å²) in [6.45, 7) is 25.8. The van der Waals surface area contributed by atoms with E-state index < -0.39 is 77.5 Å². The Morgan fingerprint density at radius 3 is 1.43 bits per heavy atom. The topological polar surface area (TPSA) is 96.6 Å². The van der Waals surface area contributed by atoms with E-state index in [1.807, 2.05) is 27.7 Å². The van der Waals surface area contributed by atoms with Gasteiger partial charge in [0.25, 0.3) is 24.0 Å². The Hall–Kier alpha value is -2.68. The molecule has 0 fully saturated rings. The van der Waals surface area contributed by atoms with Crippen LogP contribution in [0.2, 0.25) is 17.7 Å². The molecule has 0 N–H and O–H groups in total. The van der Waals surface area contributed by atoms with E-state index in [0.29, 0.717) is 29.3 Å². The first kappa shape index (κ1) is 60.4. The van der Waals surface area contributed by atoms with E-state index in [1.165, 1.54) is 61.4 Å². The average molecular weight is 1040 g/mol. The van der Waals surface area contributed by atoms with Gasteiger partial charge in [-0.2, -0.15) is 0 Å². The van der Waals surface area contributed by atoms with E-state index in [0.717, 1.165) is 15.2 Å². The van der Waals surface area contributed by atoms with Crippen LogP contribution in [-0.4, -0.2) is 52.7 Å². The van der Waals surface area contributed by atoms with Crippen molar-refractivity contribution in [3.63, 3.8) is 0 Å². The quantitative estimate of drug-likeness (QED) is 0.0425. The van der Waals surface area contributed by atoms with Crippen LogP contribution >= 0.6 is 15.9 Å². The molecule has 0 radical (unpaired) electrons. The van der Waals surface area contributed by atoms with E-state index in [9.17, 15) is 36.7 Å². The number of alkyl halides is 4. The van der Waals surface area contributed by atoms with Crippen molar-refractivity contribution in [1.29, 1.82) is 0 Å². The fourth-order valence-electron chi connectivity index (χ4n) is 6.99. The SMILES string of the molecule is C.C=CCc1cc(C(F)F)c(=O)n(C(CC(C)C)C(=O)OCC)c1.C=C[CH2][Sn]([CH2]CCC)([CH2]CCC)[CH2]CCC.CCOC(=O)C(CC(C)C)n1cc(Br)cc(C(F)F)c1=O. The maximum absolute atomic E-state index is 13.1. The maximum atomic E-state index is 13.1. The number of esters is 2. The molecule has 0 spiro atoms. The summed E-state index contributed by atoms with van der Waals surface area (Å²) in [4.78, 5) is 48.7. The third-order valence-electron chi connectivity index (χ3n) is 9.95. The Bertz CT molecular complexity index is 1680. The van der Waals surface area contributed by atoms with Gasteiger partial charge in [0.2, 0.25) is 0 Å². The molecular formula is C47H77BrF4N2O6Sn. The second-order valence-corrected chi connectivity index (χ2v) is 31.0. The number of pyridine rings is 2. The monoisotopic (exact) mass is 1040 g/mol. The van der Waals surface area contributed by atoms with Gasteiger partial charge in [0.1, 0.15) is 12.1 Å². The van der Waals surface area contributed by atoms with Crippen molar-refractivity contribution in [2.24, 2.45) is 11.8 Å². The summed E-state index contributed by atoms with van der Waals surface area (Å²) in [7, 11) is 0. The second kappa shape index (κ2) is 32.9. The molecule has 0 amide bonds. The van der Waals surface area contributed by atoms with Crippen molar-refractivity contribution < 1.29 is 36.6 Å². The molecule has 2 atom stereocenters. The average Bonchev–Trinajstić information content (AvgIpc) is 3.18. The molecule has 61 heavy (non-hydrogen) atoms. The van der Waals surface area contributed by atoms with E-state index in [4.69, 9.17) is 9.47 Å². The van der Waals surface area contributed by atoms with Gasteiger partial charge in [-0.1, -0.05) is 41.2 Å². The summed E-state index contributed by atoms with van der Waals surface area (Å²) in [5.74, 6) is -0.986. The van der Waals surface area contributed by atoms with Crippen LogP contribution in [0.25, 0.3) is 0 Å². The van der Waals surface area contributed by atoms with E-state index >= 15 is 0 Å². The first-order valence-electron chi connectivity index (χ1n) is 21.6. The first-order chi connectivity index (χ1) is 28.3. The summed E-state index contributed by atoms with van der Waals surface area (Å²) in [6.07, 6.45) is 10.4. The first-order valence-corrected chi connectivity index (χ1v) is 30.5. The van der Waals surface area contributed by atoms with Gasteiger partial charge in [-0.05, 0) is 78.6 Å². The molecule has 2 rings (SSSR count). The number of halogens is 5. The fraction of sp³-hybridized carbons (Fsp3) is 0.660. The molecule has 350 valence electrons.